The van der Waals surface area contributed by atoms with Crippen molar-refractivity contribution < 1.29 is 18.3 Å². The van der Waals surface area contributed by atoms with Crippen LogP contribution in [0.1, 0.15) is 10.4 Å². The van der Waals surface area contributed by atoms with Crippen LogP contribution >= 0.6 is 22.9 Å². The highest BCUT2D eigenvalue weighted by Gasteiger charge is 2.07. The molecule has 4 nitrogen and oxygen atoms in total. The Kier molecular flexibility index (Phi) is 6.16. The molecule has 8 heteroatoms. The minimum atomic E-state index is -2.85. The SMILES string of the molecule is O=C(C=CNc1nc(-c2ccc(OC(F)F)cc2)cs1)c1ccc(Cl)cc1. The Morgan fingerprint density at radius 3 is 2.52 bits per heavy atom. The first-order valence-corrected chi connectivity index (χ1v) is 9.01. The molecule has 3 rings (SSSR count). The van der Waals surface area contributed by atoms with Crippen molar-refractivity contribution in [2.75, 3.05) is 5.32 Å². The second-order valence-electron chi connectivity index (χ2n) is 5.29. The molecule has 1 N–H and O–H groups in total. The van der Waals surface area contributed by atoms with Gasteiger partial charge in [0.2, 0.25) is 0 Å². The molecule has 0 aliphatic carbocycles. The summed E-state index contributed by atoms with van der Waals surface area (Å²) in [5, 5.41) is 5.92. The van der Waals surface area contributed by atoms with Crippen molar-refractivity contribution in [3.63, 3.8) is 0 Å². The van der Waals surface area contributed by atoms with E-state index in [2.05, 4.69) is 15.0 Å². The van der Waals surface area contributed by atoms with Crippen molar-refractivity contribution in [2.24, 2.45) is 0 Å². The van der Waals surface area contributed by atoms with Crippen LogP contribution in [-0.2, 0) is 0 Å². The third kappa shape index (κ3) is 5.35. The van der Waals surface area contributed by atoms with Crippen molar-refractivity contribution in [3.05, 3.63) is 76.8 Å². The number of hydrogen-bond acceptors (Lipinski definition) is 5. The molecule has 0 bridgehead atoms. The van der Waals surface area contributed by atoms with Gasteiger partial charge < -0.3 is 10.1 Å². The zero-order valence-electron chi connectivity index (χ0n) is 13.7. The molecular weight excluding hydrogens is 394 g/mol. The monoisotopic (exact) mass is 406 g/mol. The highest BCUT2D eigenvalue weighted by Crippen LogP contribution is 2.27. The molecule has 0 saturated heterocycles. The molecule has 0 aliphatic heterocycles. The van der Waals surface area contributed by atoms with Crippen molar-refractivity contribution in [1.29, 1.82) is 0 Å². The minimum absolute atomic E-state index is 0.0889. The molecule has 2 aromatic carbocycles. The maximum Gasteiger partial charge on any atom is 0.387 e. The smallest absolute Gasteiger partial charge is 0.387 e. The number of nitrogens with one attached hydrogen (secondary N) is 1. The first-order chi connectivity index (χ1) is 13.0. The molecule has 1 aromatic heterocycles. The quantitative estimate of drug-likeness (QED) is 0.393. The van der Waals surface area contributed by atoms with E-state index in [9.17, 15) is 13.6 Å². The molecule has 0 radical (unpaired) electrons. The topological polar surface area (TPSA) is 51.2 Å². The lowest BCUT2D eigenvalue weighted by Crippen LogP contribution is -2.01. The van der Waals surface area contributed by atoms with Crippen LogP contribution in [0.25, 0.3) is 11.3 Å². The molecule has 3 aromatic rings. The number of nitrogens with zero attached hydrogens (tertiary/aromatic N) is 1. The number of rotatable bonds is 7. The van der Waals surface area contributed by atoms with Crippen LogP contribution in [0.4, 0.5) is 13.9 Å². The van der Waals surface area contributed by atoms with E-state index in [0.717, 1.165) is 5.56 Å². The summed E-state index contributed by atoms with van der Waals surface area (Å²) in [6.07, 6.45) is 2.92. The highest BCUT2D eigenvalue weighted by molar-refractivity contribution is 7.14. The van der Waals surface area contributed by atoms with E-state index >= 15 is 0 Å². The number of ether oxygens (including phenoxy) is 1. The zero-order chi connectivity index (χ0) is 19.2. The number of alkyl halides is 2. The summed E-state index contributed by atoms with van der Waals surface area (Å²) in [6, 6.07) is 12.8. The third-order valence-electron chi connectivity index (χ3n) is 3.45. The Morgan fingerprint density at radius 2 is 1.85 bits per heavy atom. The molecule has 0 amide bonds. The van der Waals surface area contributed by atoms with E-state index in [-0.39, 0.29) is 11.5 Å². The van der Waals surface area contributed by atoms with Crippen LogP contribution < -0.4 is 10.1 Å². The van der Waals surface area contributed by atoms with Crippen LogP contribution in [0.3, 0.4) is 0 Å². The molecular formula is C19H13ClF2N2O2S. The van der Waals surface area contributed by atoms with Gasteiger partial charge in [0.15, 0.2) is 10.9 Å². The molecule has 0 unspecified atom stereocenters. The van der Waals surface area contributed by atoms with Crippen molar-refractivity contribution in [3.8, 4) is 17.0 Å². The van der Waals surface area contributed by atoms with Crippen LogP contribution in [-0.4, -0.2) is 17.4 Å². The normalized spacial score (nSPS) is 11.1. The van der Waals surface area contributed by atoms with Gasteiger partial charge >= 0.3 is 6.61 Å². The molecule has 0 saturated carbocycles. The van der Waals surface area contributed by atoms with Crippen LogP contribution in [0.2, 0.25) is 5.02 Å². The van der Waals surface area contributed by atoms with E-state index in [1.807, 2.05) is 5.38 Å². The average Bonchev–Trinajstić information content (AvgIpc) is 3.11. The number of aromatic nitrogens is 1. The number of thiazole rings is 1. The highest BCUT2D eigenvalue weighted by atomic mass is 35.5. The van der Waals surface area contributed by atoms with Gasteiger partial charge in [-0.05, 0) is 48.5 Å². The molecule has 0 atom stereocenters. The summed E-state index contributed by atoms with van der Waals surface area (Å²) in [4.78, 5) is 16.4. The van der Waals surface area contributed by atoms with Crippen molar-refractivity contribution in [1.82, 2.24) is 4.98 Å². The molecule has 0 spiro atoms. The molecule has 0 aliphatic rings. The first kappa shape index (κ1) is 19.0. The Balaban J connectivity index is 1.60. The van der Waals surface area contributed by atoms with Gasteiger partial charge in [-0.2, -0.15) is 8.78 Å². The zero-order valence-corrected chi connectivity index (χ0v) is 15.3. The van der Waals surface area contributed by atoms with Crippen LogP contribution in [0.15, 0.2) is 66.2 Å². The molecule has 1 heterocycles. The lowest BCUT2D eigenvalue weighted by atomic mass is 10.1. The number of carbonyl (C=O) groups excluding carboxylic acids is 1. The summed E-state index contributed by atoms with van der Waals surface area (Å²) < 4.78 is 28.7. The number of allylic oxidation sites excluding steroid dienone is 1. The second kappa shape index (κ2) is 8.75. The second-order valence-corrected chi connectivity index (χ2v) is 6.58. The maximum atomic E-state index is 12.2. The van der Waals surface area contributed by atoms with Gasteiger partial charge in [-0.15, -0.1) is 11.3 Å². The number of anilines is 1. The Bertz CT molecular complexity index is 941. The van der Waals surface area contributed by atoms with E-state index in [1.165, 1.54) is 35.7 Å². The fourth-order valence-corrected chi connectivity index (χ4v) is 3.00. The van der Waals surface area contributed by atoms with Gasteiger partial charge in [-0.3, -0.25) is 4.79 Å². The van der Waals surface area contributed by atoms with E-state index in [0.29, 0.717) is 21.4 Å². The Morgan fingerprint density at radius 1 is 1.15 bits per heavy atom. The fourth-order valence-electron chi connectivity index (χ4n) is 2.18. The third-order valence-corrected chi connectivity index (χ3v) is 4.48. The number of ketones is 1. The lowest BCUT2D eigenvalue weighted by molar-refractivity contribution is -0.0498. The lowest BCUT2D eigenvalue weighted by Gasteiger charge is -2.04. The standard InChI is InChI=1S/C19H13ClF2N2O2S/c20-14-5-1-13(2-6-14)17(25)9-10-23-19-24-16(11-27-19)12-3-7-15(8-4-12)26-18(21)22/h1-11,18H,(H,23,24). The van der Waals surface area contributed by atoms with E-state index in [1.54, 1.807) is 36.4 Å². The summed E-state index contributed by atoms with van der Waals surface area (Å²) in [7, 11) is 0. The van der Waals surface area contributed by atoms with Crippen LogP contribution in [0, 0.1) is 0 Å². The van der Waals surface area contributed by atoms with Gasteiger partial charge in [-0.25, -0.2) is 4.98 Å². The van der Waals surface area contributed by atoms with Crippen molar-refractivity contribution >= 4 is 33.9 Å². The van der Waals surface area contributed by atoms with Gasteiger partial charge in [-0.1, -0.05) is 11.6 Å². The summed E-state index contributed by atoms with van der Waals surface area (Å²) in [5.41, 5.74) is 1.98. The van der Waals surface area contributed by atoms with Crippen molar-refractivity contribution in [2.45, 2.75) is 6.61 Å². The van der Waals surface area contributed by atoms with Gasteiger partial charge in [0.05, 0.1) is 5.69 Å². The van der Waals surface area contributed by atoms with Gasteiger partial charge in [0, 0.05) is 33.8 Å². The largest absolute Gasteiger partial charge is 0.435 e. The number of benzene rings is 2. The first-order valence-electron chi connectivity index (χ1n) is 7.75. The molecule has 138 valence electrons. The molecule has 0 fully saturated rings. The van der Waals surface area contributed by atoms with E-state index in [4.69, 9.17) is 11.6 Å². The number of hydrogen-bond donors (Lipinski definition) is 1. The van der Waals surface area contributed by atoms with Gasteiger partial charge in [0.1, 0.15) is 5.75 Å². The summed E-state index contributed by atoms with van der Waals surface area (Å²) in [6.45, 7) is -2.85. The van der Waals surface area contributed by atoms with E-state index < -0.39 is 6.61 Å². The minimum Gasteiger partial charge on any atom is -0.435 e. The predicted octanol–water partition coefficient (Wildman–Crippen LogP) is 5.87. The Labute approximate surface area is 163 Å². The average molecular weight is 407 g/mol. The predicted molar refractivity (Wildman–Crippen MR) is 103 cm³/mol. The number of carbonyl (C=O) groups is 1. The summed E-state index contributed by atoms with van der Waals surface area (Å²) in [5.74, 6) is -0.0726. The number of halogens is 3. The fraction of sp³-hybridized carbons (Fsp3) is 0.0526. The maximum absolute atomic E-state index is 12.2. The van der Waals surface area contributed by atoms with Crippen LogP contribution in [0.5, 0.6) is 5.75 Å². The van der Waals surface area contributed by atoms with Gasteiger partial charge in [0.25, 0.3) is 0 Å². The molecule has 27 heavy (non-hydrogen) atoms. The Hall–Kier alpha value is -2.77. The summed E-state index contributed by atoms with van der Waals surface area (Å²) >= 11 is 7.15.